The molecule has 7 heteroatoms. The lowest BCUT2D eigenvalue weighted by molar-refractivity contribution is -0.131. The molecule has 1 aromatic carbocycles. The van der Waals surface area contributed by atoms with Crippen molar-refractivity contribution in [1.82, 2.24) is 10.2 Å². The molecule has 0 radical (unpaired) electrons. The third-order valence-corrected chi connectivity index (χ3v) is 5.76. The number of methoxy groups -OCH3 is 1. The summed E-state index contributed by atoms with van der Waals surface area (Å²) < 4.78 is 5.56. The van der Waals surface area contributed by atoms with Crippen LogP contribution in [0.1, 0.15) is 51.1 Å². The third kappa shape index (κ3) is 5.98. The first-order valence-corrected chi connectivity index (χ1v) is 9.47. The minimum absolute atomic E-state index is 0. The quantitative estimate of drug-likeness (QED) is 0.641. The van der Waals surface area contributed by atoms with Gasteiger partial charge in [-0.05, 0) is 44.8 Å². The van der Waals surface area contributed by atoms with Crippen LogP contribution in [-0.4, -0.2) is 44.1 Å². The number of benzene rings is 1. The van der Waals surface area contributed by atoms with E-state index in [1.54, 1.807) is 7.11 Å². The van der Waals surface area contributed by atoms with Gasteiger partial charge in [-0.3, -0.25) is 9.69 Å². The Balaban J connectivity index is 0.00000338. The van der Waals surface area contributed by atoms with Crippen LogP contribution < -0.4 is 15.8 Å². The molecule has 0 aromatic heterocycles. The number of halogens is 2. The van der Waals surface area contributed by atoms with E-state index < -0.39 is 5.41 Å². The molecule has 1 saturated heterocycles. The van der Waals surface area contributed by atoms with Crippen molar-refractivity contribution in [2.75, 3.05) is 33.3 Å². The molecule has 1 heterocycles. The molecular formula is C20H35Cl2N3O2. The Morgan fingerprint density at radius 1 is 1.22 bits per heavy atom. The Kier molecular flexibility index (Phi) is 12.0. The molecule has 27 heavy (non-hydrogen) atoms. The lowest BCUT2D eigenvalue weighted by Gasteiger charge is -2.33. The summed E-state index contributed by atoms with van der Waals surface area (Å²) in [4.78, 5) is 15.3. The first-order chi connectivity index (χ1) is 12.1. The average Bonchev–Trinajstić information content (AvgIpc) is 3.18. The van der Waals surface area contributed by atoms with Gasteiger partial charge >= 0.3 is 0 Å². The van der Waals surface area contributed by atoms with Crippen LogP contribution in [0.25, 0.3) is 0 Å². The predicted molar refractivity (Wildman–Crippen MR) is 116 cm³/mol. The Morgan fingerprint density at radius 3 is 2.33 bits per heavy atom. The number of amides is 1. The number of nitrogens with two attached hydrogens (primary N) is 1. The molecule has 1 atom stereocenters. The Morgan fingerprint density at radius 2 is 1.81 bits per heavy atom. The first kappa shape index (κ1) is 26.0. The summed E-state index contributed by atoms with van der Waals surface area (Å²) >= 11 is 0. The lowest BCUT2D eigenvalue weighted by Crippen LogP contribution is -2.47. The molecule has 3 N–H and O–H groups in total. The van der Waals surface area contributed by atoms with Crippen molar-refractivity contribution in [3.8, 4) is 5.75 Å². The van der Waals surface area contributed by atoms with Crippen LogP contribution in [0.5, 0.6) is 5.75 Å². The number of rotatable bonds is 9. The molecule has 0 spiro atoms. The highest BCUT2D eigenvalue weighted by atomic mass is 35.5. The molecule has 1 unspecified atom stereocenters. The summed E-state index contributed by atoms with van der Waals surface area (Å²) in [5.74, 6) is 0.948. The molecule has 0 aliphatic carbocycles. The van der Waals surface area contributed by atoms with Crippen molar-refractivity contribution in [1.29, 1.82) is 0 Å². The molecule has 1 fully saturated rings. The molecule has 0 saturated carbocycles. The van der Waals surface area contributed by atoms with Crippen molar-refractivity contribution in [2.24, 2.45) is 11.1 Å². The van der Waals surface area contributed by atoms with Crippen LogP contribution in [0.15, 0.2) is 24.3 Å². The van der Waals surface area contributed by atoms with Crippen LogP contribution in [0, 0.1) is 5.41 Å². The van der Waals surface area contributed by atoms with Crippen LogP contribution in [0.3, 0.4) is 0 Å². The van der Waals surface area contributed by atoms with Gasteiger partial charge in [0.15, 0.2) is 0 Å². The van der Waals surface area contributed by atoms with Gasteiger partial charge in [0.2, 0.25) is 5.91 Å². The molecular weight excluding hydrogens is 385 g/mol. The standard InChI is InChI=1S/C20H33N3O2.2ClH/c1-4-20(5-2,15-21)19(24)22-14-17(23-12-8-9-13-23)16-10-6-7-11-18(16)25-3;;/h6-7,10-11,17H,4-5,8-9,12-15,21H2,1-3H3,(H,22,24);2*1H. The van der Waals surface area contributed by atoms with E-state index in [2.05, 4.69) is 16.3 Å². The second kappa shape index (κ2) is 12.4. The van der Waals surface area contributed by atoms with Gasteiger partial charge in [0.25, 0.3) is 0 Å². The van der Waals surface area contributed by atoms with E-state index in [1.807, 2.05) is 32.0 Å². The molecule has 1 amide bonds. The molecule has 1 aliphatic rings. The van der Waals surface area contributed by atoms with Crippen molar-refractivity contribution in [3.63, 3.8) is 0 Å². The average molecular weight is 420 g/mol. The highest BCUT2D eigenvalue weighted by molar-refractivity contribution is 5.85. The van der Waals surface area contributed by atoms with E-state index in [9.17, 15) is 4.79 Å². The Bertz CT molecular complexity index is 554. The van der Waals surface area contributed by atoms with E-state index >= 15 is 0 Å². The molecule has 1 aromatic rings. The number of hydrogen-bond acceptors (Lipinski definition) is 4. The fourth-order valence-electron chi connectivity index (χ4n) is 3.76. The van der Waals surface area contributed by atoms with E-state index in [0.29, 0.717) is 13.1 Å². The highest BCUT2D eigenvalue weighted by Crippen LogP contribution is 2.32. The van der Waals surface area contributed by atoms with Crippen molar-refractivity contribution in [2.45, 2.75) is 45.6 Å². The number of likely N-dealkylation sites (tertiary alicyclic amines) is 1. The SMILES string of the molecule is CCC(CC)(CN)C(=O)NCC(c1ccccc1OC)N1CCCC1.Cl.Cl. The van der Waals surface area contributed by atoms with Gasteiger partial charge < -0.3 is 15.8 Å². The fraction of sp³-hybridized carbons (Fsp3) is 0.650. The zero-order valence-electron chi connectivity index (χ0n) is 16.7. The van der Waals surface area contributed by atoms with Crippen LogP contribution in [-0.2, 0) is 4.79 Å². The predicted octanol–water partition coefficient (Wildman–Crippen LogP) is 3.56. The summed E-state index contributed by atoms with van der Waals surface area (Å²) in [5, 5.41) is 3.19. The van der Waals surface area contributed by atoms with Gasteiger partial charge in [0, 0.05) is 18.7 Å². The number of nitrogens with zero attached hydrogens (tertiary/aromatic N) is 1. The zero-order chi connectivity index (χ0) is 18.3. The van der Waals surface area contributed by atoms with Crippen LogP contribution in [0.4, 0.5) is 0 Å². The van der Waals surface area contributed by atoms with Gasteiger partial charge in [-0.25, -0.2) is 0 Å². The largest absolute Gasteiger partial charge is 0.496 e. The normalized spacial score (nSPS) is 15.4. The number of carbonyl (C=O) groups excluding carboxylic acids is 1. The zero-order valence-corrected chi connectivity index (χ0v) is 18.3. The van der Waals surface area contributed by atoms with E-state index in [-0.39, 0.29) is 36.8 Å². The van der Waals surface area contributed by atoms with Crippen molar-refractivity contribution >= 4 is 30.7 Å². The van der Waals surface area contributed by atoms with Crippen LogP contribution in [0.2, 0.25) is 0 Å². The van der Waals surface area contributed by atoms with E-state index in [0.717, 1.165) is 37.2 Å². The Labute approximate surface area is 176 Å². The van der Waals surface area contributed by atoms with Gasteiger partial charge in [0.1, 0.15) is 5.75 Å². The Hall–Kier alpha value is -1.01. The van der Waals surface area contributed by atoms with Gasteiger partial charge in [-0.15, -0.1) is 24.8 Å². The number of carbonyl (C=O) groups is 1. The topological polar surface area (TPSA) is 67.6 Å². The number of nitrogens with one attached hydrogen (secondary N) is 1. The minimum Gasteiger partial charge on any atom is -0.496 e. The summed E-state index contributed by atoms with van der Waals surface area (Å²) in [6.07, 6.45) is 3.93. The smallest absolute Gasteiger partial charge is 0.227 e. The molecule has 0 bridgehead atoms. The maximum absolute atomic E-state index is 12.8. The van der Waals surface area contributed by atoms with Crippen LogP contribution >= 0.6 is 24.8 Å². The first-order valence-electron chi connectivity index (χ1n) is 9.47. The number of para-hydroxylation sites is 1. The molecule has 156 valence electrons. The molecule has 2 rings (SSSR count). The van der Waals surface area contributed by atoms with Gasteiger partial charge in [-0.2, -0.15) is 0 Å². The summed E-state index contributed by atoms with van der Waals surface area (Å²) in [6.45, 7) is 7.16. The van der Waals surface area contributed by atoms with Gasteiger partial charge in [0.05, 0.1) is 18.6 Å². The number of hydrogen-bond donors (Lipinski definition) is 2. The van der Waals surface area contributed by atoms with E-state index in [4.69, 9.17) is 10.5 Å². The lowest BCUT2D eigenvalue weighted by atomic mass is 9.81. The van der Waals surface area contributed by atoms with E-state index in [1.165, 1.54) is 12.8 Å². The minimum atomic E-state index is -0.462. The molecule has 5 nitrogen and oxygen atoms in total. The fourth-order valence-corrected chi connectivity index (χ4v) is 3.76. The monoisotopic (exact) mass is 419 g/mol. The maximum atomic E-state index is 12.8. The van der Waals surface area contributed by atoms with Crippen molar-refractivity contribution in [3.05, 3.63) is 29.8 Å². The van der Waals surface area contributed by atoms with Gasteiger partial charge in [-0.1, -0.05) is 32.0 Å². The number of ether oxygens (including phenoxy) is 1. The summed E-state index contributed by atoms with van der Waals surface area (Å²) in [5.41, 5.74) is 6.60. The summed E-state index contributed by atoms with van der Waals surface area (Å²) in [7, 11) is 1.70. The maximum Gasteiger partial charge on any atom is 0.227 e. The summed E-state index contributed by atoms with van der Waals surface area (Å²) in [6, 6.07) is 8.24. The third-order valence-electron chi connectivity index (χ3n) is 5.76. The highest BCUT2D eigenvalue weighted by Gasteiger charge is 2.34. The van der Waals surface area contributed by atoms with Crippen molar-refractivity contribution < 1.29 is 9.53 Å². The second-order valence-electron chi connectivity index (χ2n) is 6.90. The molecule has 1 aliphatic heterocycles. The second-order valence-corrected chi connectivity index (χ2v) is 6.90.